The first-order valence-corrected chi connectivity index (χ1v) is 9.41. The summed E-state index contributed by atoms with van der Waals surface area (Å²) < 4.78 is 0.336. The maximum absolute atomic E-state index is 13.2. The van der Waals surface area contributed by atoms with E-state index in [9.17, 15) is 14.4 Å². The quantitative estimate of drug-likeness (QED) is 0.442. The predicted molar refractivity (Wildman–Crippen MR) is 111 cm³/mol. The number of anilines is 2. The van der Waals surface area contributed by atoms with Crippen molar-refractivity contribution in [3.05, 3.63) is 64.6 Å². The number of ketones is 1. The van der Waals surface area contributed by atoms with Crippen molar-refractivity contribution in [2.45, 2.75) is 6.92 Å². The molecule has 0 atom stereocenters. The van der Waals surface area contributed by atoms with Crippen molar-refractivity contribution in [1.29, 1.82) is 0 Å². The SMILES string of the molecule is CC(=O)c1cccc(N2C(=O)/C(=C3/C(=O)N(C)c4ccccc43)SC2=S)c1. The van der Waals surface area contributed by atoms with E-state index in [1.54, 1.807) is 31.3 Å². The number of thioether (sulfide) groups is 1. The second kappa shape index (κ2) is 6.44. The van der Waals surface area contributed by atoms with Gasteiger partial charge < -0.3 is 4.90 Å². The van der Waals surface area contributed by atoms with Crippen LogP contribution in [-0.4, -0.2) is 29.0 Å². The van der Waals surface area contributed by atoms with Crippen LogP contribution < -0.4 is 9.80 Å². The molecular formula is C20H14N2O3S2. The number of carbonyl (C=O) groups is 3. The van der Waals surface area contributed by atoms with Crippen LogP contribution in [0.15, 0.2) is 53.4 Å². The number of hydrogen-bond acceptors (Lipinski definition) is 5. The third-order valence-electron chi connectivity index (χ3n) is 4.56. The Morgan fingerprint density at radius 2 is 1.78 bits per heavy atom. The summed E-state index contributed by atoms with van der Waals surface area (Å²) in [5.41, 5.74) is 2.88. The zero-order valence-electron chi connectivity index (χ0n) is 14.6. The Morgan fingerprint density at radius 3 is 2.52 bits per heavy atom. The molecule has 2 amide bonds. The Labute approximate surface area is 165 Å². The van der Waals surface area contributed by atoms with Gasteiger partial charge in [-0.1, -0.05) is 54.3 Å². The highest BCUT2D eigenvalue weighted by atomic mass is 32.2. The fourth-order valence-electron chi connectivity index (χ4n) is 3.19. The molecule has 2 aromatic carbocycles. The first-order valence-electron chi connectivity index (χ1n) is 8.19. The Bertz CT molecular complexity index is 1070. The summed E-state index contributed by atoms with van der Waals surface area (Å²) in [5.74, 6) is -0.671. The van der Waals surface area contributed by atoms with Gasteiger partial charge in [0, 0.05) is 18.2 Å². The van der Waals surface area contributed by atoms with Crippen molar-refractivity contribution in [2.24, 2.45) is 0 Å². The van der Waals surface area contributed by atoms with Gasteiger partial charge in [0.1, 0.15) is 0 Å². The summed E-state index contributed by atoms with van der Waals surface area (Å²) in [6, 6.07) is 14.1. The Kier molecular flexibility index (Phi) is 4.20. The molecule has 2 aliphatic rings. The molecule has 5 nitrogen and oxygen atoms in total. The second-order valence-electron chi connectivity index (χ2n) is 6.20. The highest BCUT2D eigenvalue weighted by molar-refractivity contribution is 8.27. The van der Waals surface area contributed by atoms with Crippen molar-refractivity contribution in [2.75, 3.05) is 16.8 Å². The van der Waals surface area contributed by atoms with Crippen molar-refractivity contribution in [1.82, 2.24) is 0 Å². The summed E-state index contributed by atoms with van der Waals surface area (Å²) >= 11 is 6.52. The molecule has 1 fully saturated rings. The van der Waals surface area contributed by atoms with Crippen LogP contribution in [0.1, 0.15) is 22.8 Å². The molecule has 2 aromatic rings. The van der Waals surface area contributed by atoms with Gasteiger partial charge in [-0.25, -0.2) is 0 Å². The Morgan fingerprint density at radius 1 is 1.04 bits per heavy atom. The van der Waals surface area contributed by atoms with Crippen molar-refractivity contribution < 1.29 is 14.4 Å². The van der Waals surface area contributed by atoms with Gasteiger partial charge in [-0.15, -0.1) is 0 Å². The monoisotopic (exact) mass is 394 g/mol. The van der Waals surface area contributed by atoms with E-state index >= 15 is 0 Å². The number of Topliss-reactive ketones (excluding diaryl/α,β-unsaturated/α-hetero) is 1. The van der Waals surface area contributed by atoms with Gasteiger partial charge in [0.05, 0.1) is 21.9 Å². The van der Waals surface area contributed by atoms with Crippen molar-refractivity contribution in [3.63, 3.8) is 0 Å². The summed E-state index contributed by atoms with van der Waals surface area (Å²) in [4.78, 5) is 40.8. The van der Waals surface area contributed by atoms with E-state index in [0.29, 0.717) is 26.0 Å². The van der Waals surface area contributed by atoms with Gasteiger partial charge >= 0.3 is 0 Å². The van der Waals surface area contributed by atoms with E-state index < -0.39 is 0 Å². The molecule has 0 aromatic heterocycles. The summed E-state index contributed by atoms with van der Waals surface area (Å²) in [5, 5.41) is 0. The molecular weight excluding hydrogens is 380 g/mol. The average Bonchev–Trinajstić information content (AvgIpc) is 3.08. The molecule has 0 N–H and O–H groups in total. The van der Waals surface area contributed by atoms with E-state index in [1.807, 2.05) is 24.3 Å². The van der Waals surface area contributed by atoms with Crippen LogP contribution in [0.5, 0.6) is 0 Å². The molecule has 0 spiro atoms. The number of fused-ring (bicyclic) bond motifs is 1. The number of hydrogen-bond donors (Lipinski definition) is 0. The van der Waals surface area contributed by atoms with Crippen molar-refractivity contribution in [3.8, 4) is 0 Å². The molecule has 0 aliphatic carbocycles. The number of likely N-dealkylation sites (N-methyl/N-ethyl adjacent to an activating group) is 1. The minimum atomic E-state index is -0.348. The second-order valence-corrected chi connectivity index (χ2v) is 7.84. The number of carbonyl (C=O) groups excluding carboxylic acids is 3. The lowest BCUT2D eigenvalue weighted by Gasteiger charge is -2.15. The van der Waals surface area contributed by atoms with Crippen LogP contribution in [0.3, 0.4) is 0 Å². The molecule has 27 heavy (non-hydrogen) atoms. The van der Waals surface area contributed by atoms with E-state index in [4.69, 9.17) is 12.2 Å². The fourth-order valence-corrected chi connectivity index (χ4v) is 4.57. The predicted octanol–water partition coefficient (Wildman–Crippen LogP) is 3.64. The minimum Gasteiger partial charge on any atom is -0.311 e. The molecule has 4 rings (SSSR count). The summed E-state index contributed by atoms with van der Waals surface area (Å²) in [6.45, 7) is 1.47. The first-order chi connectivity index (χ1) is 12.9. The van der Waals surface area contributed by atoms with Gasteiger partial charge in [0.15, 0.2) is 10.1 Å². The van der Waals surface area contributed by atoms with Gasteiger partial charge in [-0.05, 0) is 25.1 Å². The molecule has 1 saturated heterocycles. The number of thiocarbonyl (C=S) groups is 1. The highest BCUT2D eigenvalue weighted by Gasteiger charge is 2.41. The van der Waals surface area contributed by atoms with Crippen LogP contribution in [0.25, 0.3) is 5.57 Å². The third kappa shape index (κ3) is 2.70. The molecule has 0 saturated carbocycles. The van der Waals surface area contributed by atoms with E-state index in [-0.39, 0.29) is 17.6 Å². The molecule has 0 bridgehead atoms. The maximum atomic E-state index is 13.2. The summed E-state index contributed by atoms with van der Waals surface area (Å²) in [6.07, 6.45) is 0. The zero-order valence-corrected chi connectivity index (χ0v) is 16.2. The molecule has 2 aliphatic heterocycles. The lowest BCUT2D eigenvalue weighted by atomic mass is 10.1. The van der Waals surface area contributed by atoms with Crippen LogP contribution >= 0.6 is 24.0 Å². The standard InChI is InChI=1S/C20H14N2O3S2/c1-11(23)12-6-5-7-13(10-12)22-19(25)17(27-20(22)26)16-14-8-3-4-9-15(14)21(2)18(16)24/h3-10H,1-2H3/b17-16-. The number of para-hydroxylation sites is 1. The lowest BCUT2D eigenvalue weighted by molar-refractivity contribution is -0.115. The first kappa shape index (κ1) is 17.6. The average molecular weight is 394 g/mol. The van der Waals surface area contributed by atoms with Gasteiger partial charge in [-0.2, -0.15) is 0 Å². The topological polar surface area (TPSA) is 57.7 Å². The zero-order chi connectivity index (χ0) is 19.3. The van der Waals surface area contributed by atoms with Crippen LogP contribution in [0, 0.1) is 0 Å². The number of nitrogens with zero attached hydrogens (tertiary/aromatic N) is 2. The Balaban J connectivity index is 1.83. The largest absolute Gasteiger partial charge is 0.311 e. The number of benzene rings is 2. The number of rotatable bonds is 2. The van der Waals surface area contributed by atoms with Gasteiger partial charge in [-0.3, -0.25) is 19.3 Å². The molecule has 0 radical (unpaired) electrons. The maximum Gasteiger partial charge on any atom is 0.271 e. The summed E-state index contributed by atoms with van der Waals surface area (Å²) in [7, 11) is 1.69. The number of amides is 2. The van der Waals surface area contributed by atoms with Gasteiger partial charge in [0.25, 0.3) is 11.8 Å². The normalized spacial score (nSPS) is 19.1. The van der Waals surface area contributed by atoms with Crippen LogP contribution in [0.2, 0.25) is 0 Å². The molecule has 7 heteroatoms. The fraction of sp³-hybridized carbons (Fsp3) is 0.100. The smallest absolute Gasteiger partial charge is 0.271 e. The molecule has 134 valence electrons. The third-order valence-corrected chi connectivity index (χ3v) is 5.93. The van der Waals surface area contributed by atoms with E-state index in [0.717, 1.165) is 23.0 Å². The van der Waals surface area contributed by atoms with Crippen molar-refractivity contribution >= 4 is 62.8 Å². The van der Waals surface area contributed by atoms with Crippen LogP contribution in [-0.2, 0) is 9.59 Å². The minimum absolute atomic E-state index is 0.0952. The van der Waals surface area contributed by atoms with Crippen LogP contribution in [0.4, 0.5) is 11.4 Å². The molecule has 2 heterocycles. The lowest BCUT2D eigenvalue weighted by Crippen LogP contribution is -2.28. The van der Waals surface area contributed by atoms with Gasteiger partial charge in [0.2, 0.25) is 0 Å². The van der Waals surface area contributed by atoms with E-state index in [1.165, 1.54) is 16.7 Å². The highest BCUT2D eigenvalue weighted by Crippen LogP contribution is 2.45. The van der Waals surface area contributed by atoms with E-state index in [2.05, 4.69) is 0 Å². The molecule has 0 unspecified atom stereocenters. The Hall–Kier alpha value is -2.77.